The Morgan fingerprint density at radius 2 is 1.95 bits per heavy atom. The van der Waals surface area contributed by atoms with Crippen molar-refractivity contribution in [3.05, 3.63) is 38.9 Å². The zero-order valence-corrected chi connectivity index (χ0v) is 11.9. The molecule has 1 aromatic rings. The number of hydrogen-bond donors (Lipinski definition) is 1. The zero-order chi connectivity index (χ0) is 15.6. The first kappa shape index (κ1) is 15.2. The van der Waals surface area contributed by atoms with Gasteiger partial charge in [0.2, 0.25) is 5.91 Å². The van der Waals surface area contributed by atoms with Crippen LogP contribution in [0.3, 0.4) is 0 Å². The zero-order valence-electron chi connectivity index (χ0n) is 11.1. The molecule has 0 bridgehead atoms. The number of piperidine rings is 1. The summed E-state index contributed by atoms with van der Waals surface area (Å²) in [5, 5.41) is 10.7. The summed E-state index contributed by atoms with van der Waals surface area (Å²) in [5.41, 5.74) is 5.04. The summed E-state index contributed by atoms with van der Waals surface area (Å²) in [5.74, 6) is -0.961. The Morgan fingerprint density at radius 3 is 2.48 bits per heavy atom. The number of nitrogens with zero attached hydrogens (tertiary/aromatic N) is 2. The van der Waals surface area contributed by atoms with E-state index in [9.17, 15) is 19.7 Å². The van der Waals surface area contributed by atoms with E-state index in [2.05, 4.69) is 0 Å². The van der Waals surface area contributed by atoms with Crippen molar-refractivity contribution in [2.75, 3.05) is 13.1 Å². The largest absolute Gasteiger partial charge is 0.369 e. The van der Waals surface area contributed by atoms with Crippen molar-refractivity contribution in [1.82, 2.24) is 4.90 Å². The van der Waals surface area contributed by atoms with E-state index in [4.69, 9.17) is 17.3 Å². The number of halogens is 1. The smallest absolute Gasteiger partial charge is 0.288 e. The number of amides is 2. The highest BCUT2D eigenvalue weighted by molar-refractivity contribution is 6.35. The molecule has 21 heavy (non-hydrogen) atoms. The SMILES string of the molecule is NC(=O)C1CCN(C(=O)c2cccc([N+](=O)[O-])c2Cl)CC1. The second-order valence-corrected chi connectivity index (χ2v) is 5.24. The highest BCUT2D eigenvalue weighted by atomic mass is 35.5. The minimum Gasteiger partial charge on any atom is -0.369 e. The number of rotatable bonds is 3. The maximum Gasteiger partial charge on any atom is 0.288 e. The van der Waals surface area contributed by atoms with Gasteiger partial charge in [-0.25, -0.2) is 0 Å². The topological polar surface area (TPSA) is 107 Å². The first-order valence-corrected chi connectivity index (χ1v) is 6.81. The molecule has 2 rings (SSSR count). The third kappa shape index (κ3) is 3.13. The summed E-state index contributed by atoms with van der Waals surface area (Å²) in [4.78, 5) is 35.2. The Hall–Kier alpha value is -2.15. The summed E-state index contributed by atoms with van der Waals surface area (Å²) in [7, 11) is 0. The van der Waals surface area contributed by atoms with Crippen molar-refractivity contribution in [3.8, 4) is 0 Å². The number of nitrogens with two attached hydrogens (primary N) is 1. The monoisotopic (exact) mass is 311 g/mol. The van der Waals surface area contributed by atoms with Gasteiger partial charge in [0.1, 0.15) is 5.02 Å². The number of primary amides is 1. The third-order valence-electron chi connectivity index (χ3n) is 3.59. The van der Waals surface area contributed by atoms with E-state index in [1.807, 2.05) is 0 Å². The molecule has 1 saturated heterocycles. The highest BCUT2D eigenvalue weighted by Crippen LogP contribution is 2.29. The second kappa shape index (κ2) is 6.09. The quantitative estimate of drug-likeness (QED) is 0.675. The minimum absolute atomic E-state index is 0.100. The first-order chi connectivity index (χ1) is 9.91. The van der Waals surface area contributed by atoms with Gasteiger partial charge in [0.25, 0.3) is 11.6 Å². The van der Waals surface area contributed by atoms with Crippen molar-refractivity contribution in [1.29, 1.82) is 0 Å². The van der Waals surface area contributed by atoms with Crippen LogP contribution in [0.25, 0.3) is 0 Å². The van der Waals surface area contributed by atoms with E-state index in [-0.39, 0.29) is 34.0 Å². The fourth-order valence-corrected chi connectivity index (χ4v) is 2.64. The highest BCUT2D eigenvalue weighted by Gasteiger charge is 2.29. The number of nitro benzene ring substituents is 1. The first-order valence-electron chi connectivity index (χ1n) is 6.43. The predicted molar refractivity (Wildman–Crippen MR) is 75.9 cm³/mol. The van der Waals surface area contributed by atoms with Crippen molar-refractivity contribution in [2.24, 2.45) is 11.7 Å². The molecule has 0 aromatic heterocycles. The number of benzene rings is 1. The van der Waals surface area contributed by atoms with Crippen LogP contribution in [0.2, 0.25) is 5.02 Å². The van der Waals surface area contributed by atoms with Crippen LogP contribution in [0.4, 0.5) is 5.69 Å². The molecule has 2 amide bonds. The molecule has 0 unspecified atom stereocenters. The molecule has 1 fully saturated rings. The molecule has 1 heterocycles. The molecule has 2 N–H and O–H groups in total. The summed E-state index contributed by atoms with van der Waals surface area (Å²) in [6.07, 6.45) is 0.987. The van der Waals surface area contributed by atoms with Gasteiger partial charge in [-0.1, -0.05) is 17.7 Å². The molecule has 1 aromatic carbocycles. The van der Waals surface area contributed by atoms with Gasteiger partial charge in [-0.3, -0.25) is 19.7 Å². The van der Waals surface area contributed by atoms with Gasteiger partial charge in [0, 0.05) is 25.1 Å². The summed E-state index contributed by atoms with van der Waals surface area (Å²) in [6.45, 7) is 0.761. The fraction of sp³-hybridized carbons (Fsp3) is 0.385. The molecule has 0 spiro atoms. The number of likely N-dealkylation sites (tertiary alicyclic amines) is 1. The van der Waals surface area contributed by atoms with Gasteiger partial charge >= 0.3 is 0 Å². The molecule has 0 saturated carbocycles. The van der Waals surface area contributed by atoms with E-state index in [1.165, 1.54) is 23.1 Å². The number of hydrogen-bond acceptors (Lipinski definition) is 4. The molecule has 0 atom stereocenters. The van der Waals surface area contributed by atoms with Crippen molar-refractivity contribution >= 4 is 29.1 Å². The Kier molecular flexibility index (Phi) is 4.42. The lowest BCUT2D eigenvalue weighted by molar-refractivity contribution is -0.384. The lowest BCUT2D eigenvalue weighted by atomic mass is 9.96. The Labute approximate surface area is 125 Å². The Morgan fingerprint density at radius 1 is 1.33 bits per heavy atom. The van der Waals surface area contributed by atoms with Crippen LogP contribution < -0.4 is 5.73 Å². The van der Waals surface area contributed by atoms with E-state index in [1.54, 1.807) is 0 Å². The van der Waals surface area contributed by atoms with Crippen LogP contribution in [0.5, 0.6) is 0 Å². The van der Waals surface area contributed by atoms with Crippen LogP contribution in [-0.4, -0.2) is 34.7 Å². The Balaban J connectivity index is 2.17. The van der Waals surface area contributed by atoms with E-state index in [0.29, 0.717) is 25.9 Å². The summed E-state index contributed by atoms with van der Waals surface area (Å²) in [6, 6.07) is 4.13. The molecule has 0 aliphatic carbocycles. The molecule has 112 valence electrons. The standard InChI is InChI=1S/C13H14ClN3O4/c14-11-9(2-1-3-10(11)17(20)21)13(19)16-6-4-8(5-7-16)12(15)18/h1-3,8H,4-7H2,(H2,15,18). The molecule has 8 heteroatoms. The van der Waals surface area contributed by atoms with Gasteiger partial charge in [-0.05, 0) is 18.9 Å². The van der Waals surface area contributed by atoms with Gasteiger partial charge in [-0.15, -0.1) is 0 Å². The van der Waals surface area contributed by atoms with Gasteiger partial charge in [-0.2, -0.15) is 0 Å². The van der Waals surface area contributed by atoms with Crippen LogP contribution in [0.1, 0.15) is 23.2 Å². The fourth-order valence-electron chi connectivity index (χ4n) is 2.36. The van der Waals surface area contributed by atoms with Crippen molar-refractivity contribution in [2.45, 2.75) is 12.8 Å². The number of carbonyl (C=O) groups is 2. The van der Waals surface area contributed by atoms with E-state index in [0.717, 1.165) is 0 Å². The second-order valence-electron chi connectivity index (χ2n) is 4.86. The van der Waals surface area contributed by atoms with Crippen LogP contribution in [-0.2, 0) is 4.79 Å². The molecule has 7 nitrogen and oxygen atoms in total. The molecular weight excluding hydrogens is 298 g/mol. The summed E-state index contributed by atoms with van der Waals surface area (Å²) >= 11 is 5.93. The van der Waals surface area contributed by atoms with Gasteiger partial charge in [0.15, 0.2) is 0 Å². The maximum atomic E-state index is 12.4. The average molecular weight is 312 g/mol. The maximum absolute atomic E-state index is 12.4. The van der Waals surface area contributed by atoms with Gasteiger partial charge < -0.3 is 10.6 Å². The Bertz CT molecular complexity index is 597. The molecule has 1 aliphatic heterocycles. The van der Waals surface area contributed by atoms with Crippen LogP contribution in [0.15, 0.2) is 18.2 Å². The van der Waals surface area contributed by atoms with Gasteiger partial charge in [0.05, 0.1) is 10.5 Å². The minimum atomic E-state index is -0.627. The lowest BCUT2D eigenvalue weighted by Crippen LogP contribution is -2.41. The molecule has 0 radical (unpaired) electrons. The summed E-state index contributed by atoms with van der Waals surface area (Å²) < 4.78 is 0. The predicted octanol–water partition coefficient (Wildman–Crippen LogP) is 1.59. The van der Waals surface area contributed by atoms with Crippen LogP contribution >= 0.6 is 11.6 Å². The van der Waals surface area contributed by atoms with E-state index >= 15 is 0 Å². The van der Waals surface area contributed by atoms with Crippen molar-refractivity contribution < 1.29 is 14.5 Å². The normalized spacial score (nSPS) is 15.8. The van der Waals surface area contributed by atoms with E-state index < -0.39 is 4.92 Å². The lowest BCUT2D eigenvalue weighted by Gasteiger charge is -2.30. The number of nitro groups is 1. The molecular formula is C13H14ClN3O4. The third-order valence-corrected chi connectivity index (χ3v) is 3.99. The van der Waals surface area contributed by atoms with Crippen molar-refractivity contribution in [3.63, 3.8) is 0 Å². The molecule has 1 aliphatic rings. The average Bonchev–Trinajstić information content (AvgIpc) is 2.46. The van der Waals surface area contributed by atoms with Crippen LogP contribution in [0, 0.1) is 16.0 Å². The number of carbonyl (C=O) groups excluding carboxylic acids is 2.